The first-order valence-corrected chi connectivity index (χ1v) is 14.2. The molecule has 0 aliphatic rings. The Hall–Kier alpha value is -3.84. The van der Waals surface area contributed by atoms with E-state index in [1.165, 1.54) is 53.8 Å². The standard InChI is InChI=1S/C28H34FN5O6S/c1-7-8-13-39-20-10-9-18(29)14-19(20)21(40-16(2)3)15-32-25-22(17(4)24(41-25)34-30-11-12-31-34)23(35)33(27(32)38)28(5,6)26(36)37/h9-12,14,16,21H,7-8,13,15H2,1-6H3,(H,36,37)/t21-/m0/s1. The minimum atomic E-state index is -1.87. The maximum Gasteiger partial charge on any atom is 0.333 e. The van der Waals surface area contributed by atoms with Crippen LogP contribution in [0.4, 0.5) is 4.39 Å². The van der Waals surface area contributed by atoms with Gasteiger partial charge < -0.3 is 14.6 Å². The molecule has 0 bridgehead atoms. The van der Waals surface area contributed by atoms with Crippen LogP contribution >= 0.6 is 11.3 Å². The fourth-order valence-corrected chi connectivity index (χ4v) is 5.75. The number of ether oxygens (including phenoxy) is 2. The van der Waals surface area contributed by atoms with Gasteiger partial charge in [0.15, 0.2) is 0 Å². The van der Waals surface area contributed by atoms with Crippen LogP contribution in [0.5, 0.6) is 5.75 Å². The van der Waals surface area contributed by atoms with Crippen LogP contribution in [0.15, 0.2) is 40.2 Å². The molecule has 4 rings (SSSR count). The SMILES string of the molecule is CCCCOc1ccc(F)cc1[C@H](Cn1c(=O)n(C(C)(C)C(=O)O)c(=O)c2c(C)c(-n3nccn3)sc21)OC(C)C. The van der Waals surface area contributed by atoms with Crippen LogP contribution in [0.1, 0.15) is 64.7 Å². The number of aliphatic carboxylic acids is 1. The number of hydrogen-bond acceptors (Lipinski definition) is 8. The summed E-state index contributed by atoms with van der Waals surface area (Å²) in [5, 5.41) is 19.0. The largest absolute Gasteiger partial charge is 0.493 e. The van der Waals surface area contributed by atoms with E-state index in [0.717, 1.165) is 28.7 Å². The van der Waals surface area contributed by atoms with Crippen molar-refractivity contribution in [3.63, 3.8) is 0 Å². The van der Waals surface area contributed by atoms with Crippen molar-refractivity contribution >= 4 is 27.5 Å². The topological polar surface area (TPSA) is 130 Å². The summed E-state index contributed by atoms with van der Waals surface area (Å²) >= 11 is 1.12. The lowest BCUT2D eigenvalue weighted by Crippen LogP contribution is -2.52. The van der Waals surface area contributed by atoms with Gasteiger partial charge in [0.1, 0.15) is 33.0 Å². The van der Waals surface area contributed by atoms with E-state index >= 15 is 0 Å². The second-order valence-electron chi connectivity index (χ2n) is 10.5. The number of hydrogen-bond donors (Lipinski definition) is 1. The number of carboxylic acids is 1. The molecule has 1 aromatic carbocycles. The van der Waals surface area contributed by atoms with Gasteiger partial charge in [-0.2, -0.15) is 10.2 Å². The van der Waals surface area contributed by atoms with Crippen molar-refractivity contribution in [2.24, 2.45) is 0 Å². The molecule has 0 radical (unpaired) electrons. The number of benzene rings is 1. The first kappa shape index (κ1) is 30.1. The minimum absolute atomic E-state index is 0.150. The van der Waals surface area contributed by atoms with Crippen LogP contribution in [0.3, 0.4) is 0 Å². The van der Waals surface area contributed by atoms with Crippen LogP contribution < -0.4 is 16.0 Å². The summed E-state index contributed by atoms with van der Waals surface area (Å²) in [6.45, 7) is 10.2. The Morgan fingerprint density at radius 3 is 2.49 bits per heavy atom. The molecule has 0 spiro atoms. The summed E-state index contributed by atoms with van der Waals surface area (Å²) in [5.74, 6) is -1.44. The van der Waals surface area contributed by atoms with Crippen molar-refractivity contribution in [3.05, 3.63) is 68.4 Å². The molecule has 220 valence electrons. The lowest BCUT2D eigenvalue weighted by atomic mass is 10.1. The lowest BCUT2D eigenvalue weighted by molar-refractivity contribution is -0.146. The summed E-state index contributed by atoms with van der Waals surface area (Å²) in [5.41, 5.74) is -2.56. The Labute approximate surface area is 239 Å². The smallest absolute Gasteiger partial charge is 0.333 e. The molecule has 0 aliphatic carbocycles. The van der Waals surface area contributed by atoms with Crippen LogP contribution in [-0.2, 0) is 21.6 Å². The number of carboxylic acid groups (broad SMARTS) is 1. The molecule has 0 unspecified atom stereocenters. The number of nitrogens with zero attached hydrogens (tertiary/aromatic N) is 5. The molecule has 0 amide bonds. The Kier molecular flexibility index (Phi) is 8.78. The molecule has 4 aromatic rings. The number of unbranched alkanes of at least 4 members (excludes halogenated alkanes) is 1. The van der Waals surface area contributed by atoms with Crippen molar-refractivity contribution in [1.82, 2.24) is 24.1 Å². The van der Waals surface area contributed by atoms with Crippen LogP contribution in [0, 0.1) is 12.7 Å². The van der Waals surface area contributed by atoms with Gasteiger partial charge in [-0.1, -0.05) is 24.7 Å². The zero-order valence-electron chi connectivity index (χ0n) is 23.9. The molecule has 0 saturated heterocycles. The van der Waals surface area contributed by atoms with Gasteiger partial charge in [-0.15, -0.1) is 4.80 Å². The average molecular weight is 588 g/mol. The van der Waals surface area contributed by atoms with E-state index in [0.29, 0.717) is 33.3 Å². The zero-order valence-corrected chi connectivity index (χ0v) is 24.7. The van der Waals surface area contributed by atoms with Crippen LogP contribution in [0.2, 0.25) is 0 Å². The summed E-state index contributed by atoms with van der Waals surface area (Å²) in [6, 6.07) is 4.14. The molecule has 11 nitrogen and oxygen atoms in total. The van der Waals surface area contributed by atoms with Gasteiger partial charge in [-0.25, -0.2) is 18.5 Å². The predicted molar refractivity (Wildman–Crippen MR) is 153 cm³/mol. The van der Waals surface area contributed by atoms with E-state index in [1.807, 2.05) is 20.8 Å². The lowest BCUT2D eigenvalue weighted by Gasteiger charge is -2.27. The predicted octanol–water partition coefficient (Wildman–Crippen LogP) is 4.42. The second kappa shape index (κ2) is 12.0. The number of aryl methyl sites for hydroxylation is 1. The first-order chi connectivity index (χ1) is 19.4. The van der Waals surface area contributed by atoms with Gasteiger partial charge in [0.2, 0.25) is 0 Å². The number of carbonyl (C=O) groups is 1. The van der Waals surface area contributed by atoms with Gasteiger partial charge in [0.25, 0.3) is 5.56 Å². The summed E-state index contributed by atoms with van der Waals surface area (Å²) in [4.78, 5) is 41.7. The third-order valence-electron chi connectivity index (χ3n) is 6.73. The second-order valence-corrected chi connectivity index (χ2v) is 11.5. The quantitative estimate of drug-likeness (QED) is 0.241. The van der Waals surface area contributed by atoms with Crippen LogP contribution in [-0.4, -0.2) is 47.9 Å². The molecular formula is C28H34FN5O6S. The zero-order chi connectivity index (χ0) is 30.1. The Morgan fingerprint density at radius 1 is 1.20 bits per heavy atom. The summed E-state index contributed by atoms with van der Waals surface area (Å²) < 4.78 is 28.8. The molecule has 0 aliphatic heterocycles. The van der Waals surface area contributed by atoms with Crippen molar-refractivity contribution in [1.29, 1.82) is 0 Å². The van der Waals surface area contributed by atoms with E-state index in [-0.39, 0.29) is 18.0 Å². The molecule has 1 N–H and O–H groups in total. The molecule has 0 saturated carbocycles. The fourth-order valence-electron chi connectivity index (χ4n) is 4.53. The third kappa shape index (κ3) is 5.82. The Balaban J connectivity index is 2.01. The van der Waals surface area contributed by atoms with Crippen molar-refractivity contribution < 1.29 is 23.8 Å². The highest BCUT2D eigenvalue weighted by Gasteiger charge is 2.36. The fraction of sp³-hybridized carbons (Fsp3) is 0.464. The normalized spacial score (nSPS) is 12.8. The highest BCUT2D eigenvalue weighted by Crippen LogP contribution is 2.35. The maximum atomic E-state index is 14.6. The van der Waals surface area contributed by atoms with E-state index in [2.05, 4.69) is 10.2 Å². The molecule has 3 heterocycles. The molecular weight excluding hydrogens is 553 g/mol. The summed E-state index contributed by atoms with van der Waals surface area (Å²) in [6.07, 6.45) is 3.46. The third-order valence-corrected chi connectivity index (χ3v) is 8.01. The molecule has 41 heavy (non-hydrogen) atoms. The van der Waals surface area contributed by atoms with Crippen molar-refractivity contribution in [3.8, 4) is 10.8 Å². The average Bonchev–Trinajstić information content (AvgIpc) is 3.54. The number of aromatic nitrogens is 5. The highest BCUT2D eigenvalue weighted by molar-refractivity contribution is 7.21. The van der Waals surface area contributed by atoms with Crippen molar-refractivity contribution in [2.75, 3.05) is 6.61 Å². The van der Waals surface area contributed by atoms with Crippen molar-refractivity contribution in [2.45, 2.75) is 78.7 Å². The minimum Gasteiger partial charge on any atom is -0.493 e. The van der Waals surface area contributed by atoms with Crippen LogP contribution in [0.25, 0.3) is 15.2 Å². The van der Waals surface area contributed by atoms with E-state index in [1.54, 1.807) is 6.92 Å². The number of halogens is 1. The van der Waals surface area contributed by atoms with Gasteiger partial charge in [-0.05, 0) is 59.2 Å². The van der Waals surface area contributed by atoms with Gasteiger partial charge >= 0.3 is 11.7 Å². The molecule has 0 fully saturated rings. The number of thiophene rings is 1. The molecule has 1 atom stereocenters. The Bertz CT molecular complexity index is 1670. The Morgan fingerprint density at radius 2 is 1.88 bits per heavy atom. The number of fused-ring (bicyclic) bond motifs is 1. The first-order valence-electron chi connectivity index (χ1n) is 13.4. The monoisotopic (exact) mass is 587 g/mol. The maximum absolute atomic E-state index is 14.6. The number of rotatable bonds is 12. The molecule has 3 aromatic heterocycles. The van der Waals surface area contributed by atoms with Gasteiger partial charge in [-0.3, -0.25) is 9.36 Å². The highest BCUT2D eigenvalue weighted by atomic mass is 32.1. The van der Waals surface area contributed by atoms with E-state index in [9.17, 15) is 23.9 Å². The molecule has 13 heteroatoms. The van der Waals surface area contributed by atoms with E-state index in [4.69, 9.17) is 9.47 Å². The summed E-state index contributed by atoms with van der Waals surface area (Å²) in [7, 11) is 0. The van der Waals surface area contributed by atoms with Gasteiger partial charge in [0.05, 0.1) is 37.0 Å². The van der Waals surface area contributed by atoms with E-state index < -0.39 is 34.7 Å². The van der Waals surface area contributed by atoms with Gasteiger partial charge in [0, 0.05) is 11.1 Å².